The van der Waals surface area contributed by atoms with Crippen LogP contribution in [-0.2, 0) is 11.8 Å². The summed E-state index contributed by atoms with van der Waals surface area (Å²) in [6, 6.07) is 6.22. The second kappa shape index (κ2) is 11.3. The van der Waals surface area contributed by atoms with Crippen molar-refractivity contribution in [2.24, 2.45) is 10.9 Å². The molecular formula is C37H47FN4. The van der Waals surface area contributed by atoms with Crippen LogP contribution in [0.1, 0.15) is 94.7 Å². The fourth-order valence-corrected chi connectivity index (χ4v) is 7.79. The van der Waals surface area contributed by atoms with Gasteiger partial charge in [0.15, 0.2) is 0 Å². The molecule has 2 aromatic rings. The maximum Gasteiger partial charge on any atom is 0.149 e. The highest BCUT2D eigenvalue weighted by Gasteiger charge is 2.44. The molecule has 0 saturated carbocycles. The minimum Gasteiger partial charge on any atom is -0.304 e. The van der Waals surface area contributed by atoms with Gasteiger partial charge in [0.05, 0.1) is 5.69 Å². The zero-order valence-electron chi connectivity index (χ0n) is 26.4. The average molecular weight is 567 g/mol. The van der Waals surface area contributed by atoms with Gasteiger partial charge in [0, 0.05) is 66.6 Å². The molecule has 0 spiro atoms. The smallest absolute Gasteiger partial charge is 0.149 e. The third-order valence-corrected chi connectivity index (χ3v) is 10.7. The van der Waals surface area contributed by atoms with Crippen molar-refractivity contribution >= 4 is 22.5 Å². The molecule has 4 nitrogen and oxygen atoms in total. The fourth-order valence-electron chi connectivity index (χ4n) is 7.79. The van der Waals surface area contributed by atoms with E-state index < -0.39 is 0 Å². The summed E-state index contributed by atoms with van der Waals surface area (Å²) in [6.07, 6.45) is 17.6. The third-order valence-electron chi connectivity index (χ3n) is 10.7. The zero-order chi connectivity index (χ0) is 29.6. The maximum absolute atomic E-state index is 15.8. The molecule has 1 fully saturated rings. The lowest BCUT2D eigenvalue weighted by molar-refractivity contribution is 0.0804. The fraction of sp³-hybridized carbons (Fsp3) is 0.514. The molecule has 5 heteroatoms. The van der Waals surface area contributed by atoms with Crippen molar-refractivity contribution in [2.45, 2.75) is 84.1 Å². The molecule has 1 aromatic carbocycles. The van der Waals surface area contributed by atoms with E-state index >= 15 is 4.39 Å². The number of nitrogens with zero attached hydrogens (tertiary/aromatic N) is 4. The number of hydrogen-bond donors (Lipinski definition) is 0. The Morgan fingerprint density at radius 1 is 0.976 bits per heavy atom. The number of allylic oxidation sites excluding steroid dienone is 3. The minimum absolute atomic E-state index is 0.0577. The molecule has 1 saturated heterocycles. The van der Waals surface area contributed by atoms with Crippen LogP contribution in [0.5, 0.6) is 0 Å². The van der Waals surface area contributed by atoms with Crippen LogP contribution >= 0.6 is 0 Å². The lowest BCUT2D eigenvalue weighted by atomic mass is 9.66. The van der Waals surface area contributed by atoms with Gasteiger partial charge in [0.25, 0.3) is 0 Å². The van der Waals surface area contributed by atoms with E-state index in [-0.39, 0.29) is 16.8 Å². The van der Waals surface area contributed by atoms with Gasteiger partial charge in [-0.05, 0) is 93.5 Å². The van der Waals surface area contributed by atoms with E-state index in [0.29, 0.717) is 11.6 Å². The average Bonchev–Trinajstić information content (AvgIpc) is 3.52. The topological polar surface area (TPSA) is 31.7 Å². The number of aliphatic imine (C=N–C) groups is 1. The number of rotatable bonds is 8. The minimum atomic E-state index is -0.242. The summed E-state index contributed by atoms with van der Waals surface area (Å²) in [5.74, 6) is 0.240. The van der Waals surface area contributed by atoms with Crippen molar-refractivity contribution in [1.29, 1.82) is 0 Å². The second-order valence-electron chi connectivity index (χ2n) is 13.4. The largest absolute Gasteiger partial charge is 0.304 e. The van der Waals surface area contributed by atoms with Gasteiger partial charge in [0.1, 0.15) is 11.5 Å². The molecule has 42 heavy (non-hydrogen) atoms. The van der Waals surface area contributed by atoms with Gasteiger partial charge < -0.3 is 4.90 Å². The summed E-state index contributed by atoms with van der Waals surface area (Å²) >= 11 is 0. The lowest BCUT2D eigenvalue weighted by Crippen LogP contribution is -2.54. The normalized spacial score (nSPS) is 25.9. The summed E-state index contributed by atoms with van der Waals surface area (Å²) in [5.41, 5.74) is 9.06. The van der Waals surface area contributed by atoms with E-state index in [0.717, 1.165) is 104 Å². The van der Waals surface area contributed by atoms with E-state index in [1.165, 1.54) is 5.57 Å². The number of halogens is 1. The van der Waals surface area contributed by atoms with Crippen molar-refractivity contribution in [1.82, 2.24) is 14.8 Å². The Bertz CT molecular complexity index is 1490. The number of hydrogen-bond acceptors (Lipinski definition) is 4. The van der Waals surface area contributed by atoms with Crippen LogP contribution in [0.25, 0.3) is 11.1 Å². The van der Waals surface area contributed by atoms with Crippen molar-refractivity contribution in [2.75, 3.05) is 33.2 Å². The Kier molecular flexibility index (Phi) is 7.86. The Labute approximate surface area is 252 Å². The van der Waals surface area contributed by atoms with Crippen LogP contribution in [0.2, 0.25) is 0 Å². The molecule has 0 amide bonds. The number of benzene rings is 1. The standard InChI is InChI=1S/C37H47FN4/c1-7-9-29(10-8-2)37(5)25(3)40-35-32(37)22-27(23-33(35)38)30-11-12-34-31(30)21-28(24-39-34)26-13-15-36(4,16-14-26)42-19-17-41(6)18-20-42/h11,13-15,21-24,29H,7-10,12,16-20H2,1-6H3. The molecule has 2 aliphatic heterocycles. The van der Waals surface area contributed by atoms with E-state index in [9.17, 15) is 0 Å². The number of aromatic nitrogens is 1. The molecule has 4 aliphatic rings. The van der Waals surface area contributed by atoms with Crippen LogP contribution in [0.4, 0.5) is 10.1 Å². The predicted molar refractivity (Wildman–Crippen MR) is 174 cm³/mol. The SMILES string of the molecule is CCCC(CCC)C1(C)C(C)=Nc2c(F)cc(C3=CCc4ncc(C5=CCC(C)(N6CCN(C)CC6)C=C5)cc43)cc21. The molecule has 6 rings (SSSR count). The first kappa shape index (κ1) is 29.2. The van der Waals surface area contributed by atoms with Gasteiger partial charge in [-0.2, -0.15) is 0 Å². The van der Waals surface area contributed by atoms with Crippen LogP contribution in [0, 0.1) is 11.7 Å². The van der Waals surface area contributed by atoms with E-state index in [1.807, 2.05) is 6.20 Å². The summed E-state index contributed by atoms with van der Waals surface area (Å²) in [6.45, 7) is 15.7. The van der Waals surface area contributed by atoms with Gasteiger partial charge in [-0.25, -0.2) is 4.39 Å². The Morgan fingerprint density at radius 2 is 1.71 bits per heavy atom. The number of piperazine rings is 1. The molecule has 0 radical (unpaired) electrons. The second-order valence-corrected chi connectivity index (χ2v) is 13.4. The molecule has 2 unspecified atom stereocenters. The lowest BCUT2D eigenvalue weighted by Gasteiger charge is -2.44. The van der Waals surface area contributed by atoms with E-state index in [2.05, 4.69) is 87.9 Å². The zero-order valence-corrected chi connectivity index (χ0v) is 26.4. The molecule has 2 atom stereocenters. The Hall–Kier alpha value is -2.89. The van der Waals surface area contributed by atoms with Crippen molar-refractivity contribution in [3.8, 4) is 0 Å². The molecule has 0 N–H and O–H groups in total. The Morgan fingerprint density at radius 3 is 2.38 bits per heavy atom. The molecule has 0 bridgehead atoms. The highest BCUT2D eigenvalue weighted by atomic mass is 19.1. The first-order valence-electron chi connectivity index (χ1n) is 16.1. The first-order chi connectivity index (χ1) is 20.2. The quantitative estimate of drug-likeness (QED) is 0.323. The van der Waals surface area contributed by atoms with E-state index in [4.69, 9.17) is 9.98 Å². The Balaban J connectivity index is 1.30. The highest BCUT2D eigenvalue weighted by molar-refractivity contribution is 6.01. The van der Waals surface area contributed by atoms with Crippen LogP contribution < -0.4 is 0 Å². The maximum atomic E-state index is 15.8. The van der Waals surface area contributed by atoms with Crippen LogP contribution in [0.15, 0.2) is 53.7 Å². The van der Waals surface area contributed by atoms with Crippen LogP contribution in [0.3, 0.4) is 0 Å². The monoisotopic (exact) mass is 566 g/mol. The highest BCUT2D eigenvalue weighted by Crippen LogP contribution is 2.50. The van der Waals surface area contributed by atoms with Gasteiger partial charge in [0.2, 0.25) is 0 Å². The molecule has 2 aliphatic carbocycles. The number of pyridine rings is 1. The van der Waals surface area contributed by atoms with Crippen molar-refractivity contribution < 1.29 is 4.39 Å². The first-order valence-corrected chi connectivity index (χ1v) is 16.1. The third kappa shape index (κ3) is 4.93. The van der Waals surface area contributed by atoms with Gasteiger partial charge in [-0.3, -0.25) is 14.9 Å². The van der Waals surface area contributed by atoms with Gasteiger partial charge in [-0.1, -0.05) is 51.0 Å². The summed E-state index contributed by atoms with van der Waals surface area (Å²) < 4.78 is 15.8. The predicted octanol–water partition coefficient (Wildman–Crippen LogP) is 8.14. The molecule has 1 aromatic heterocycles. The van der Waals surface area contributed by atoms with Gasteiger partial charge >= 0.3 is 0 Å². The van der Waals surface area contributed by atoms with Crippen LogP contribution in [-0.4, -0.2) is 59.3 Å². The number of fused-ring (bicyclic) bond motifs is 2. The van der Waals surface area contributed by atoms with Gasteiger partial charge in [-0.15, -0.1) is 0 Å². The van der Waals surface area contributed by atoms with Crippen molar-refractivity contribution in [3.05, 3.63) is 82.5 Å². The number of likely N-dealkylation sites (N-methyl/N-ethyl adjacent to an activating group) is 1. The molecule has 3 heterocycles. The summed E-state index contributed by atoms with van der Waals surface area (Å²) in [7, 11) is 2.21. The summed E-state index contributed by atoms with van der Waals surface area (Å²) in [4.78, 5) is 14.7. The molecule has 222 valence electrons. The van der Waals surface area contributed by atoms with Crippen molar-refractivity contribution in [3.63, 3.8) is 0 Å². The summed E-state index contributed by atoms with van der Waals surface area (Å²) in [5, 5.41) is 0. The van der Waals surface area contributed by atoms with E-state index in [1.54, 1.807) is 6.07 Å². The molecular weight excluding hydrogens is 519 g/mol.